The summed E-state index contributed by atoms with van der Waals surface area (Å²) in [6.07, 6.45) is 1.13. The summed E-state index contributed by atoms with van der Waals surface area (Å²) in [5.74, 6) is 2.30. The standard InChI is InChI=1S/C11H14N2S/c1-9-3-2-4-10(7-9)12-13-11-5-6-14-8-11/h2-4,7,12H,5-6,8H2,1H3/b13-11-. The number of benzene rings is 1. The van der Waals surface area contributed by atoms with Crippen molar-refractivity contribution in [2.45, 2.75) is 13.3 Å². The second kappa shape index (κ2) is 4.51. The molecule has 0 aromatic heterocycles. The van der Waals surface area contributed by atoms with Gasteiger partial charge in [0.2, 0.25) is 0 Å². The largest absolute Gasteiger partial charge is 0.279 e. The van der Waals surface area contributed by atoms with Crippen LogP contribution in [0.5, 0.6) is 0 Å². The van der Waals surface area contributed by atoms with Gasteiger partial charge in [0, 0.05) is 11.5 Å². The third kappa shape index (κ3) is 2.51. The zero-order valence-electron chi connectivity index (χ0n) is 8.29. The lowest BCUT2D eigenvalue weighted by Gasteiger charge is -2.02. The highest BCUT2D eigenvalue weighted by atomic mass is 32.2. The number of nitrogens with one attached hydrogen (secondary N) is 1. The highest BCUT2D eigenvalue weighted by Crippen LogP contribution is 2.15. The number of hydrazone groups is 1. The summed E-state index contributed by atoms with van der Waals surface area (Å²) in [4.78, 5) is 0. The lowest BCUT2D eigenvalue weighted by atomic mass is 10.2. The molecule has 2 nitrogen and oxygen atoms in total. The van der Waals surface area contributed by atoms with Crippen molar-refractivity contribution in [3.8, 4) is 0 Å². The minimum atomic E-state index is 1.08. The van der Waals surface area contributed by atoms with Gasteiger partial charge in [-0.2, -0.15) is 16.9 Å². The van der Waals surface area contributed by atoms with E-state index in [0.717, 1.165) is 17.9 Å². The topological polar surface area (TPSA) is 24.4 Å². The minimum absolute atomic E-state index is 1.08. The monoisotopic (exact) mass is 206 g/mol. The fraction of sp³-hybridized carbons (Fsp3) is 0.364. The van der Waals surface area contributed by atoms with Crippen LogP contribution in [0.3, 0.4) is 0 Å². The quantitative estimate of drug-likeness (QED) is 0.752. The number of hydrogen-bond acceptors (Lipinski definition) is 3. The molecular formula is C11H14N2S. The second-order valence-electron chi connectivity index (χ2n) is 3.46. The fourth-order valence-electron chi connectivity index (χ4n) is 1.40. The van der Waals surface area contributed by atoms with Crippen molar-refractivity contribution in [3.63, 3.8) is 0 Å². The van der Waals surface area contributed by atoms with Crippen molar-refractivity contribution in [1.29, 1.82) is 0 Å². The number of rotatable bonds is 2. The molecule has 0 saturated carbocycles. The molecular weight excluding hydrogens is 192 g/mol. The lowest BCUT2D eigenvalue weighted by molar-refractivity contribution is 1.25. The molecule has 1 fully saturated rings. The molecule has 3 heteroatoms. The Bertz CT molecular complexity index is 339. The Hall–Kier alpha value is -0.960. The van der Waals surface area contributed by atoms with E-state index in [1.165, 1.54) is 17.0 Å². The molecule has 14 heavy (non-hydrogen) atoms. The van der Waals surface area contributed by atoms with Gasteiger partial charge in [0.15, 0.2) is 0 Å². The molecule has 1 aromatic rings. The average Bonchev–Trinajstić information content (AvgIpc) is 2.67. The smallest absolute Gasteiger partial charge is 0.0564 e. The van der Waals surface area contributed by atoms with Crippen LogP contribution in [0, 0.1) is 6.92 Å². The van der Waals surface area contributed by atoms with Crippen LogP contribution in [0.15, 0.2) is 29.4 Å². The molecule has 0 aliphatic carbocycles. The van der Waals surface area contributed by atoms with Crippen LogP contribution in [0.2, 0.25) is 0 Å². The Morgan fingerprint density at radius 1 is 1.43 bits per heavy atom. The normalized spacial score (nSPS) is 18.8. The van der Waals surface area contributed by atoms with Gasteiger partial charge in [0.1, 0.15) is 0 Å². The SMILES string of the molecule is Cc1cccc(N/N=C2/CCSC2)c1. The highest BCUT2D eigenvalue weighted by molar-refractivity contribution is 8.00. The summed E-state index contributed by atoms with van der Waals surface area (Å²) >= 11 is 1.95. The highest BCUT2D eigenvalue weighted by Gasteiger charge is 2.07. The van der Waals surface area contributed by atoms with E-state index >= 15 is 0 Å². The maximum Gasteiger partial charge on any atom is 0.0564 e. The Morgan fingerprint density at radius 2 is 2.36 bits per heavy atom. The Balaban J connectivity index is 2.00. The van der Waals surface area contributed by atoms with Crippen LogP contribution in [-0.4, -0.2) is 17.2 Å². The molecule has 1 saturated heterocycles. The van der Waals surface area contributed by atoms with E-state index in [1.807, 2.05) is 23.9 Å². The van der Waals surface area contributed by atoms with E-state index in [2.05, 4.69) is 29.6 Å². The first-order valence-electron chi connectivity index (χ1n) is 4.80. The molecule has 0 atom stereocenters. The van der Waals surface area contributed by atoms with Gasteiger partial charge in [-0.05, 0) is 36.8 Å². The number of anilines is 1. The summed E-state index contributed by atoms with van der Waals surface area (Å²) in [6.45, 7) is 2.09. The zero-order chi connectivity index (χ0) is 9.80. The maximum atomic E-state index is 4.38. The van der Waals surface area contributed by atoms with Crippen LogP contribution in [0.1, 0.15) is 12.0 Å². The third-order valence-corrected chi connectivity index (χ3v) is 3.19. The van der Waals surface area contributed by atoms with E-state index in [0.29, 0.717) is 0 Å². The summed E-state index contributed by atoms with van der Waals surface area (Å²) < 4.78 is 0. The molecule has 1 aliphatic rings. The van der Waals surface area contributed by atoms with Gasteiger partial charge in [-0.1, -0.05) is 12.1 Å². The van der Waals surface area contributed by atoms with Crippen molar-refractivity contribution < 1.29 is 0 Å². The van der Waals surface area contributed by atoms with Gasteiger partial charge in [-0.15, -0.1) is 0 Å². The number of thioether (sulfide) groups is 1. The van der Waals surface area contributed by atoms with Crippen LogP contribution in [0.25, 0.3) is 0 Å². The zero-order valence-corrected chi connectivity index (χ0v) is 9.10. The summed E-state index contributed by atoms with van der Waals surface area (Å²) in [6, 6.07) is 8.27. The molecule has 2 rings (SSSR count). The molecule has 0 spiro atoms. The maximum absolute atomic E-state index is 4.38. The van der Waals surface area contributed by atoms with Gasteiger partial charge < -0.3 is 0 Å². The summed E-state index contributed by atoms with van der Waals surface area (Å²) in [7, 11) is 0. The van der Waals surface area contributed by atoms with E-state index < -0.39 is 0 Å². The van der Waals surface area contributed by atoms with Gasteiger partial charge in [0.05, 0.1) is 5.69 Å². The average molecular weight is 206 g/mol. The Kier molecular flexibility index (Phi) is 3.09. The molecule has 1 aliphatic heterocycles. The molecule has 0 radical (unpaired) electrons. The first kappa shape index (κ1) is 9.59. The van der Waals surface area contributed by atoms with Crippen molar-refractivity contribution in [1.82, 2.24) is 0 Å². The number of nitrogens with zero attached hydrogens (tertiary/aromatic N) is 1. The van der Waals surface area contributed by atoms with Crippen LogP contribution >= 0.6 is 11.8 Å². The lowest BCUT2D eigenvalue weighted by Crippen LogP contribution is -1.99. The first-order chi connectivity index (χ1) is 6.84. The summed E-state index contributed by atoms with van der Waals surface area (Å²) in [5, 5.41) is 4.38. The predicted molar refractivity (Wildman–Crippen MR) is 64.2 cm³/mol. The molecule has 1 N–H and O–H groups in total. The van der Waals surface area contributed by atoms with Gasteiger partial charge in [-0.3, -0.25) is 5.43 Å². The van der Waals surface area contributed by atoms with Crippen LogP contribution < -0.4 is 5.43 Å². The predicted octanol–water partition coefficient (Wildman–Crippen LogP) is 2.90. The van der Waals surface area contributed by atoms with Gasteiger partial charge >= 0.3 is 0 Å². The molecule has 1 heterocycles. The Morgan fingerprint density at radius 3 is 3.07 bits per heavy atom. The van der Waals surface area contributed by atoms with Crippen LogP contribution in [-0.2, 0) is 0 Å². The van der Waals surface area contributed by atoms with E-state index in [1.54, 1.807) is 0 Å². The van der Waals surface area contributed by atoms with Crippen molar-refractivity contribution in [2.24, 2.45) is 5.10 Å². The van der Waals surface area contributed by atoms with Crippen molar-refractivity contribution in [2.75, 3.05) is 16.9 Å². The van der Waals surface area contributed by atoms with E-state index in [-0.39, 0.29) is 0 Å². The van der Waals surface area contributed by atoms with E-state index in [9.17, 15) is 0 Å². The number of hydrogen-bond donors (Lipinski definition) is 1. The minimum Gasteiger partial charge on any atom is -0.279 e. The summed E-state index contributed by atoms with van der Waals surface area (Å²) in [5.41, 5.74) is 6.71. The second-order valence-corrected chi connectivity index (χ2v) is 4.57. The molecule has 74 valence electrons. The Labute approximate surface area is 88.8 Å². The molecule has 0 amide bonds. The van der Waals surface area contributed by atoms with Crippen LogP contribution in [0.4, 0.5) is 5.69 Å². The third-order valence-electron chi connectivity index (χ3n) is 2.16. The molecule has 0 bridgehead atoms. The van der Waals surface area contributed by atoms with E-state index in [4.69, 9.17) is 0 Å². The van der Waals surface area contributed by atoms with Crippen molar-refractivity contribution in [3.05, 3.63) is 29.8 Å². The molecule has 1 aromatic carbocycles. The van der Waals surface area contributed by atoms with Gasteiger partial charge in [-0.25, -0.2) is 0 Å². The van der Waals surface area contributed by atoms with Gasteiger partial charge in [0.25, 0.3) is 0 Å². The number of aryl methyl sites for hydroxylation is 1. The van der Waals surface area contributed by atoms with Crippen molar-refractivity contribution >= 4 is 23.2 Å². The first-order valence-corrected chi connectivity index (χ1v) is 5.96. The molecule has 0 unspecified atom stereocenters. The fourth-order valence-corrected chi connectivity index (χ4v) is 2.37.